The van der Waals surface area contributed by atoms with Crippen molar-refractivity contribution in [2.45, 2.75) is 51.5 Å². The van der Waals surface area contributed by atoms with Gasteiger partial charge in [0, 0.05) is 11.6 Å². The van der Waals surface area contributed by atoms with E-state index in [1.54, 1.807) is 13.2 Å². The third-order valence-electron chi connectivity index (χ3n) is 4.96. The minimum absolute atomic E-state index is 0.0341. The first kappa shape index (κ1) is 18.4. The van der Waals surface area contributed by atoms with Crippen molar-refractivity contribution in [1.29, 1.82) is 0 Å². The van der Waals surface area contributed by atoms with E-state index in [2.05, 4.69) is 33.8 Å². The third-order valence-corrected chi connectivity index (χ3v) is 4.96. The van der Waals surface area contributed by atoms with Gasteiger partial charge in [-0.2, -0.15) is 0 Å². The first-order valence-electron chi connectivity index (χ1n) is 9.07. The van der Waals surface area contributed by atoms with Gasteiger partial charge >= 0.3 is 0 Å². The number of methoxy groups -OCH3 is 1. The van der Waals surface area contributed by atoms with Gasteiger partial charge in [0.2, 0.25) is 5.90 Å². The zero-order valence-electron chi connectivity index (χ0n) is 16.3. The van der Waals surface area contributed by atoms with E-state index < -0.39 is 5.41 Å². The van der Waals surface area contributed by atoms with Crippen molar-refractivity contribution in [3.8, 4) is 0 Å². The quantitative estimate of drug-likeness (QED) is 0.727. The van der Waals surface area contributed by atoms with Gasteiger partial charge in [0.25, 0.3) is 0 Å². The molecule has 0 radical (unpaired) electrons. The number of allylic oxidation sites excluding steroid dienone is 3. The highest BCUT2D eigenvalue weighted by molar-refractivity contribution is 6.11. The van der Waals surface area contributed by atoms with E-state index in [1.165, 1.54) is 5.57 Å². The first-order valence-corrected chi connectivity index (χ1v) is 9.07. The minimum Gasteiger partial charge on any atom is -0.499 e. The number of hydrogen-bond acceptors (Lipinski definition) is 4. The van der Waals surface area contributed by atoms with Crippen LogP contribution in [0.25, 0.3) is 0 Å². The Morgan fingerprint density at radius 1 is 1.31 bits per heavy atom. The summed E-state index contributed by atoms with van der Waals surface area (Å²) >= 11 is 0. The third kappa shape index (κ3) is 3.09. The van der Waals surface area contributed by atoms with Crippen LogP contribution in [-0.2, 0) is 14.9 Å². The van der Waals surface area contributed by atoms with Gasteiger partial charge in [0.1, 0.15) is 17.8 Å². The molecule has 0 fully saturated rings. The summed E-state index contributed by atoms with van der Waals surface area (Å²) in [5.74, 6) is 1.23. The number of ether oxygens (including phenoxy) is 2. The fourth-order valence-corrected chi connectivity index (χ4v) is 3.72. The van der Waals surface area contributed by atoms with Gasteiger partial charge in [-0.15, -0.1) is 0 Å². The number of fused-ring (bicyclic) bond motifs is 1. The SMILES string of the molecule is COC1=CC(=O)c2ccccc2[C@@]1(CCC=C(C)C)C1=NC(C)(C)CO1. The average molecular weight is 353 g/mol. The van der Waals surface area contributed by atoms with E-state index in [0.717, 1.165) is 18.4 Å². The molecule has 4 nitrogen and oxygen atoms in total. The smallest absolute Gasteiger partial charge is 0.202 e. The minimum atomic E-state index is -0.668. The zero-order valence-corrected chi connectivity index (χ0v) is 16.3. The lowest BCUT2D eigenvalue weighted by molar-refractivity contribution is 0.102. The molecule has 0 amide bonds. The van der Waals surface area contributed by atoms with Gasteiger partial charge < -0.3 is 9.47 Å². The van der Waals surface area contributed by atoms with Crippen LogP contribution in [0.3, 0.4) is 0 Å². The number of aliphatic imine (C=N–C) groups is 1. The predicted molar refractivity (Wildman–Crippen MR) is 104 cm³/mol. The molecule has 2 aliphatic rings. The molecule has 1 aromatic rings. The molecule has 1 heterocycles. The van der Waals surface area contributed by atoms with E-state index >= 15 is 0 Å². The highest BCUT2D eigenvalue weighted by Gasteiger charge is 2.51. The Morgan fingerprint density at radius 2 is 2.04 bits per heavy atom. The molecule has 0 unspecified atom stereocenters. The van der Waals surface area contributed by atoms with Crippen molar-refractivity contribution in [2.24, 2.45) is 4.99 Å². The molecule has 0 aromatic heterocycles. The van der Waals surface area contributed by atoms with E-state index in [1.807, 2.05) is 24.3 Å². The zero-order chi connectivity index (χ0) is 18.9. The van der Waals surface area contributed by atoms with E-state index in [4.69, 9.17) is 14.5 Å². The summed E-state index contributed by atoms with van der Waals surface area (Å²) in [4.78, 5) is 17.5. The van der Waals surface area contributed by atoms with Crippen LogP contribution in [0.2, 0.25) is 0 Å². The highest BCUT2D eigenvalue weighted by atomic mass is 16.5. The summed E-state index contributed by atoms with van der Waals surface area (Å²) < 4.78 is 11.8. The van der Waals surface area contributed by atoms with Crippen molar-refractivity contribution in [3.63, 3.8) is 0 Å². The summed E-state index contributed by atoms with van der Waals surface area (Å²) in [5.41, 5.74) is 1.93. The second kappa shape index (κ2) is 6.75. The summed E-state index contributed by atoms with van der Waals surface area (Å²) in [6.45, 7) is 8.81. The topological polar surface area (TPSA) is 47.9 Å². The van der Waals surface area contributed by atoms with Crippen LogP contribution in [0, 0.1) is 0 Å². The van der Waals surface area contributed by atoms with Gasteiger partial charge in [-0.1, -0.05) is 35.9 Å². The van der Waals surface area contributed by atoms with Crippen molar-refractivity contribution in [3.05, 3.63) is 58.9 Å². The Balaban J connectivity index is 2.22. The van der Waals surface area contributed by atoms with Gasteiger partial charge in [-0.3, -0.25) is 4.79 Å². The normalized spacial score (nSPS) is 23.5. The summed E-state index contributed by atoms with van der Waals surface area (Å²) in [6.07, 6.45) is 5.38. The molecule has 1 aromatic carbocycles. The monoisotopic (exact) mass is 353 g/mol. The molecule has 1 aliphatic heterocycles. The number of nitrogens with zero attached hydrogens (tertiary/aromatic N) is 1. The van der Waals surface area contributed by atoms with Crippen LogP contribution in [0.5, 0.6) is 0 Å². The van der Waals surface area contributed by atoms with Crippen LogP contribution >= 0.6 is 0 Å². The number of carbonyl (C=O) groups is 1. The van der Waals surface area contributed by atoms with Gasteiger partial charge in [-0.05, 0) is 46.1 Å². The molecule has 0 N–H and O–H groups in total. The van der Waals surface area contributed by atoms with Crippen molar-refractivity contribution >= 4 is 11.7 Å². The maximum absolute atomic E-state index is 12.6. The lowest BCUT2D eigenvalue weighted by atomic mass is 9.69. The molecule has 138 valence electrons. The van der Waals surface area contributed by atoms with Crippen LogP contribution in [0.1, 0.15) is 56.5 Å². The number of benzene rings is 1. The van der Waals surface area contributed by atoms with Crippen LogP contribution < -0.4 is 0 Å². The number of ketones is 1. The molecule has 0 spiro atoms. The Kier molecular flexibility index (Phi) is 4.78. The molecular weight excluding hydrogens is 326 g/mol. The Morgan fingerprint density at radius 3 is 2.65 bits per heavy atom. The molecule has 1 atom stereocenters. The predicted octanol–water partition coefficient (Wildman–Crippen LogP) is 4.60. The van der Waals surface area contributed by atoms with Crippen LogP contribution in [0.15, 0.2) is 52.7 Å². The number of hydrogen-bond donors (Lipinski definition) is 0. The van der Waals surface area contributed by atoms with E-state index in [0.29, 0.717) is 23.8 Å². The Labute approximate surface area is 155 Å². The lowest BCUT2D eigenvalue weighted by Crippen LogP contribution is -2.42. The maximum atomic E-state index is 12.6. The largest absolute Gasteiger partial charge is 0.499 e. The van der Waals surface area contributed by atoms with Crippen molar-refractivity contribution in [2.75, 3.05) is 13.7 Å². The van der Waals surface area contributed by atoms with Gasteiger partial charge in [-0.25, -0.2) is 4.99 Å². The number of carbonyl (C=O) groups excluding carboxylic acids is 1. The van der Waals surface area contributed by atoms with Crippen molar-refractivity contribution < 1.29 is 14.3 Å². The van der Waals surface area contributed by atoms with Crippen LogP contribution in [-0.4, -0.2) is 30.9 Å². The second-order valence-corrected chi connectivity index (χ2v) is 7.87. The van der Waals surface area contributed by atoms with Crippen molar-refractivity contribution in [1.82, 2.24) is 0 Å². The first-order chi connectivity index (χ1) is 12.3. The average Bonchev–Trinajstić information content (AvgIpc) is 2.96. The molecular formula is C22H27NO3. The Bertz CT molecular complexity index is 812. The fourth-order valence-electron chi connectivity index (χ4n) is 3.72. The second-order valence-electron chi connectivity index (χ2n) is 7.87. The summed E-state index contributed by atoms with van der Waals surface area (Å²) in [6, 6.07) is 7.72. The molecule has 0 saturated heterocycles. The molecule has 3 rings (SSSR count). The van der Waals surface area contributed by atoms with Crippen LogP contribution in [0.4, 0.5) is 0 Å². The summed E-state index contributed by atoms with van der Waals surface area (Å²) in [7, 11) is 1.61. The molecule has 26 heavy (non-hydrogen) atoms. The maximum Gasteiger partial charge on any atom is 0.202 e. The lowest BCUT2D eigenvalue weighted by Gasteiger charge is -2.38. The molecule has 1 aliphatic carbocycles. The summed E-state index contributed by atoms with van der Waals surface area (Å²) in [5, 5.41) is 0. The fraction of sp³-hybridized carbons (Fsp3) is 0.455. The van der Waals surface area contributed by atoms with E-state index in [9.17, 15) is 4.79 Å². The molecule has 0 bridgehead atoms. The molecule has 4 heteroatoms. The standard InChI is InChI=1S/C22H27NO3/c1-15(2)9-8-12-22(20-23-21(3,4)14-26-20)17-11-7-6-10-16(17)18(24)13-19(22)25-5/h6-7,9-11,13H,8,12,14H2,1-5H3/t22-/m1/s1. The number of rotatable bonds is 5. The highest BCUT2D eigenvalue weighted by Crippen LogP contribution is 2.46. The van der Waals surface area contributed by atoms with Gasteiger partial charge in [0.05, 0.1) is 12.6 Å². The van der Waals surface area contributed by atoms with Gasteiger partial charge in [0.15, 0.2) is 5.78 Å². The Hall–Kier alpha value is -2.36. The molecule has 0 saturated carbocycles. The van der Waals surface area contributed by atoms with E-state index in [-0.39, 0.29) is 11.3 Å².